The number of aromatic nitrogens is 2. The fourth-order valence-electron chi connectivity index (χ4n) is 1.30. The van der Waals surface area contributed by atoms with Crippen molar-refractivity contribution in [1.29, 1.82) is 0 Å². The van der Waals surface area contributed by atoms with Crippen LogP contribution in [0.4, 0.5) is 5.82 Å². The maximum Gasteiger partial charge on any atom is 0.137 e. The van der Waals surface area contributed by atoms with Gasteiger partial charge >= 0.3 is 0 Å². The smallest absolute Gasteiger partial charge is 0.137 e. The minimum absolute atomic E-state index is 0.0412. The Kier molecular flexibility index (Phi) is 4.76. The Morgan fingerprint density at radius 3 is 2.28 bits per heavy atom. The fraction of sp³-hybridized carbons (Fsp3) is 0.714. The summed E-state index contributed by atoms with van der Waals surface area (Å²) in [5, 5.41) is 3.41. The van der Waals surface area contributed by atoms with Crippen LogP contribution in [0.5, 0.6) is 0 Å². The maximum absolute atomic E-state index is 4.59. The number of rotatable bonds is 4. The lowest BCUT2D eigenvalue weighted by atomic mass is 9.90. The summed E-state index contributed by atoms with van der Waals surface area (Å²) in [6.45, 7) is 14.0. The van der Waals surface area contributed by atoms with E-state index < -0.39 is 0 Å². The topological polar surface area (TPSA) is 37.8 Å². The van der Waals surface area contributed by atoms with E-state index in [4.69, 9.17) is 0 Å². The lowest BCUT2D eigenvalue weighted by Crippen LogP contribution is -2.23. The van der Waals surface area contributed by atoms with Gasteiger partial charge in [0.05, 0.1) is 0 Å². The molecule has 0 spiro atoms. The molecule has 0 saturated carbocycles. The summed E-state index contributed by atoms with van der Waals surface area (Å²) < 4.78 is 0.833. The summed E-state index contributed by atoms with van der Waals surface area (Å²) in [4.78, 5) is 9.03. The third-order valence-corrected chi connectivity index (χ3v) is 3.48. The molecule has 0 radical (unpaired) electrons. The fourth-order valence-corrected chi connectivity index (χ4v) is 1.68. The van der Waals surface area contributed by atoms with Gasteiger partial charge in [-0.2, -0.15) is 0 Å². The zero-order chi connectivity index (χ0) is 14.0. The molecule has 0 atom stereocenters. The van der Waals surface area contributed by atoms with Crippen molar-refractivity contribution in [3.05, 3.63) is 16.5 Å². The molecule has 4 heteroatoms. The zero-order valence-corrected chi connectivity index (χ0v) is 13.8. The van der Waals surface area contributed by atoms with Crippen LogP contribution in [-0.4, -0.2) is 16.5 Å². The van der Waals surface area contributed by atoms with Crippen molar-refractivity contribution in [2.45, 2.75) is 53.4 Å². The van der Waals surface area contributed by atoms with Gasteiger partial charge < -0.3 is 5.32 Å². The summed E-state index contributed by atoms with van der Waals surface area (Å²) in [5.41, 5.74) is 0.236. The van der Waals surface area contributed by atoms with Gasteiger partial charge in [-0.3, -0.25) is 0 Å². The Morgan fingerprint density at radius 1 is 1.17 bits per heavy atom. The van der Waals surface area contributed by atoms with Gasteiger partial charge in [0.15, 0.2) is 0 Å². The van der Waals surface area contributed by atoms with Gasteiger partial charge in [0.2, 0.25) is 0 Å². The van der Waals surface area contributed by atoms with Crippen molar-refractivity contribution >= 4 is 21.7 Å². The largest absolute Gasteiger partial charge is 0.369 e. The van der Waals surface area contributed by atoms with Gasteiger partial charge in [0.1, 0.15) is 16.2 Å². The van der Waals surface area contributed by atoms with Gasteiger partial charge in [0, 0.05) is 18.0 Å². The van der Waals surface area contributed by atoms with Crippen LogP contribution in [-0.2, 0) is 5.41 Å². The summed E-state index contributed by atoms with van der Waals surface area (Å²) in [7, 11) is 0. The first kappa shape index (κ1) is 15.4. The standard InChI is InChI=1S/C14H24BrN3/c1-7-14(5,6)9-16-11-8-10(15)17-12(18-11)13(2,3)4/h8H,7,9H2,1-6H3,(H,16,17,18). The molecule has 1 N–H and O–H groups in total. The summed E-state index contributed by atoms with van der Waals surface area (Å²) >= 11 is 3.45. The molecule has 1 aromatic heterocycles. The zero-order valence-electron chi connectivity index (χ0n) is 12.3. The van der Waals surface area contributed by atoms with Crippen LogP contribution in [0.15, 0.2) is 10.7 Å². The molecule has 0 aliphatic carbocycles. The second kappa shape index (κ2) is 5.55. The number of halogens is 1. The van der Waals surface area contributed by atoms with E-state index in [0.717, 1.165) is 29.2 Å². The van der Waals surface area contributed by atoms with Crippen molar-refractivity contribution in [1.82, 2.24) is 9.97 Å². The van der Waals surface area contributed by atoms with E-state index in [1.807, 2.05) is 6.07 Å². The van der Waals surface area contributed by atoms with Gasteiger partial charge in [-0.25, -0.2) is 9.97 Å². The molecule has 1 rings (SSSR count). The van der Waals surface area contributed by atoms with Crippen LogP contribution >= 0.6 is 15.9 Å². The number of nitrogens with zero attached hydrogens (tertiary/aromatic N) is 2. The van der Waals surface area contributed by atoms with Crippen molar-refractivity contribution < 1.29 is 0 Å². The lowest BCUT2D eigenvalue weighted by Gasteiger charge is -2.24. The Labute approximate surface area is 119 Å². The molecule has 1 aromatic rings. The minimum Gasteiger partial charge on any atom is -0.369 e. The van der Waals surface area contributed by atoms with Crippen LogP contribution in [0.3, 0.4) is 0 Å². The number of hydrogen-bond acceptors (Lipinski definition) is 3. The normalized spacial score (nSPS) is 12.6. The SMILES string of the molecule is CCC(C)(C)CNc1cc(Br)nc(C(C)(C)C)n1. The minimum atomic E-state index is -0.0412. The van der Waals surface area contributed by atoms with Gasteiger partial charge in [-0.15, -0.1) is 0 Å². The van der Waals surface area contributed by atoms with E-state index in [2.05, 4.69) is 72.8 Å². The van der Waals surface area contributed by atoms with E-state index >= 15 is 0 Å². The van der Waals surface area contributed by atoms with Gasteiger partial charge in [-0.05, 0) is 27.8 Å². The van der Waals surface area contributed by atoms with Crippen molar-refractivity contribution in [3.8, 4) is 0 Å². The number of nitrogens with one attached hydrogen (secondary N) is 1. The first-order valence-electron chi connectivity index (χ1n) is 6.43. The molecule has 0 amide bonds. The molecule has 0 aromatic carbocycles. The second-order valence-corrected chi connectivity index (χ2v) is 7.33. The van der Waals surface area contributed by atoms with E-state index in [0.29, 0.717) is 0 Å². The number of anilines is 1. The van der Waals surface area contributed by atoms with Crippen LogP contribution in [0.2, 0.25) is 0 Å². The Balaban J connectivity index is 2.88. The molecule has 0 aliphatic rings. The van der Waals surface area contributed by atoms with Crippen molar-refractivity contribution in [2.75, 3.05) is 11.9 Å². The van der Waals surface area contributed by atoms with Crippen LogP contribution < -0.4 is 5.32 Å². The number of hydrogen-bond donors (Lipinski definition) is 1. The first-order chi connectivity index (χ1) is 8.14. The lowest BCUT2D eigenvalue weighted by molar-refractivity contribution is 0.376. The molecule has 102 valence electrons. The van der Waals surface area contributed by atoms with Crippen LogP contribution in [0.25, 0.3) is 0 Å². The third-order valence-electron chi connectivity index (χ3n) is 3.07. The highest BCUT2D eigenvalue weighted by Gasteiger charge is 2.20. The predicted molar refractivity (Wildman–Crippen MR) is 81.0 cm³/mol. The Hall–Kier alpha value is -0.640. The summed E-state index contributed by atoms with van der Waals surface area (Å²) in [6, 6.07) is 1.93. The van der Waals surface area contributed by atoms with Crippen LogP contribution in [0.1, 0.15) is 53.8 Å². The van der Waals surface area contributed by atoms with Gasteiger partial charge in [-0.1, -0.05) is 41.5 Å². The molecule has 18 heavy (non-hydrogen) atoms. The molecule has 0 unspecified atom stereocenters. The van der Waals surface area contributed by atoms with E-state index in [1.54, 1.807) is 0 Å². The Morgan fingerprint density at radius 2 is 1.78 bits per heavy atom. The van der Waals surface area contributed by atoms with Crippen molar-refractivity contribution in [2.24, 2.45) is 5.41 Å². The van der Waals surface area contributed by atoms with Crippen molar-refractivity contribution in [3.63, 3.8) is 0 Å². The molecule has 0 bridgehead atoms. The van der Waals surface area contributed by atoms with E-state index in [1.165, 1.54) is 0 Å². The molecule has 0 saturated heterocycles. The summed E-state index contributed by atoms with van der Waals surface area (Å²) in [5.74, 6) is 1.75. The van der Waals surface area contributed by atoms with E-state index in [9.17, 15) is 0 Å². The highest BCUT2D eigenvalue weighted by atomic mass is 79.9. The molecule has 0 fully saturated rings. The highest BCUT2D eigenvalue weighted by molar-refractivity contribution is 9.10. The highest BCUT2D eigenvalue weighted by Crippen LogP contribution is 2.24. The third kappa shape index (κ3) is 4.56. The van der Waals surface area contributed by atoms with Crippen LogP contribution in [0, 0.1) is 5.41 Å². The second-order valence-electron chi connectivity index (χ2n) is 6.52. The average Bonchev–Trinajstić information content (AvgIpc) is 2.25. The molecule has 3 nitrogen and oxygen atoms in total. The monoisotopic (exact) mass is 313 g/mol. The average molecular weight is 314 g/mol. The predicted octanol–water partition coefficient (Wildman–Crippen LogP) is 4.38. The quantitative estimate of drug-likeness (QED) is 0.838. The Bertz CT molecular complexity index is 408. The molecule has 0 aliphatic heterocycles. The van der Waals surface area contributed by atoms with E-state index in [-0.39, 0.29) is 10.8 Å². The van der Waals surface area contributed by atoms with Gasteiger partial charge in [0.25, 0.3) is 0 Å². The first-order valence-corrected chi connectivity index (χ1v) is 7.22. The molecular weight excluding hydrogens is 290 g/mol. The maximum atomic E-state index is 4.59. The summed E-state index contributed by atoms with van der Waals surface area (Å²) in [6.07, 6.45) is 1.14. The molecular formula is C14H24BrN3. The molecule has 1 heterocycles.